The van der Waals surface area contributed by atoms with Gasteiger partial charge in [0.25, 0.3) is 0 Å². The van der Waals surface area contributed by atoms with E-state index < -0.39 is 0 Å². The molecule has 1 unspecified atom stereocenters. The van der Waals surface area contributed by atoms with E-state index in [1.807, 2.05) is 29.2 Å². The number of ether oxygens (including phenoxy) is 1. The lowest BCUT2D eigenvalue weighted by atomic mass is 9.78. The Labute approximate surface area is 190 Å². The molecule has 32 heavy (non-hydrogen) atoms. The second kappa shape index (κ2) is 10.3. The number of pyridine rings is 1. The topological polar surface area (TPSA) is 71.5 Å². The molecule has 2 amide bonds. The van der Waals surface area contributed by atoms with Gasteiger partial charge in [-0.3, -0.25) is 14.6 Å². The van der Waals surface area contributed by atoms with Crippen molar-refractivity contribution in [3.05, 3.63) is 65.5 Å². The van der Waals surface area contributed by atoms with Crippen LogP contribution in [0.4, 0.5) is 0 Å². The van der Waals surface area contributed by atoms with Crippen molar-refractivity contribution >= 4 is 11.8 Å². The van der Waals surface area contributed by atoms with Gasteiger partial charge in [-0.05, 0) is 61.8 Å². The van der Waals surface area contributed by atoms with Crippen LogP contribution < -0.4 is 5.32 Å². The predicted molar refractivity (Wildman–Crippen MR) is 123 cm³/mol. The fourth-order valence-corrected chi connectivity index (χ4v) is 4.96. The number of likely N-dealkylation sites (tertiary alicyclic amines) is 1. The summed E-state index contributed by atoms with van der Waals surface area (Å²) < 4.78 is 6.23. The van der Waals surface area contributed by atoms with Gasteiger partial charge >= 0.3 is 0 Å². The number of hydrogen-bond donors (Lipinski definition) is 1. The predicted octanol–water partition coefficient (Wildman–Crippen LogP) is 3.43. The van der Waals surface area contributed by atoms with E-state index in [1.165, 1.54) is 5.56 Å². The summed E-state index contributed by atoms with van der Waals surface area (Å²) in [5, 5.41) is 3.03. The van der Waals surface area contributed by atoms with Crippen LogP contribution in [0, 0.1) is 12.8 Å². The van der Waals surface area contributed by atoms with Crippen molar-refractivity contribution in [2.24, 2.45) is 5.92 Å². The lowest BCUT2D eigenvalue weighted by Crippen LogP contribution is -2.51. The Morgan fingerprint density at radius 3 is 2.69 bits per heavy atom. The van der Waals surface area contributed by atoms with Crippen molar-refractivity contribution in [1.29, 1.82) is 0 Å². The minimum atomic E-state index is -0.186. The summed E-state index contributed by atoms with van der Waals surface area (Å²) >= 11 is 0. The van der Waals surface area contributed by atoms with E-state index in [2.05, 4.69) is 29.4 Å². The van der Waals surface area contributed by atoms with Crippen LogP contribution in [0.5, 0.6) is 0 Å². The number of benzene rings is 1. The van der Waals surface area contributed by atoms with Crippen LogP contribution in [0.2, 0.25) is 0 Å². The van der Waals surface area contributed by atoms with Crippen molar-refractivity contribution in [3.8, 4) is 0 Å². The minimum Gasteiger partial charge on any atom is -0.375 e. The third-order valence-corrected chi connectivity index (χ3v) is 6.77. The van der Waals surface area contributed by atoms with Gasteiger partial charge in [-0.1, -0.05) is 29.8 Å². The number of nitrogens with zero attached hydrogens (tertiary/aromatic N) is 2. The molecule has 170 valence electrons. The van der Waals surface area contributed by atoms with Gasteiger partial charge in [-0.25, -0.2) is 0 Å². The molecule has 0 bridgehead atoms. The Bertz CT molecular complexity index is 923. The van der Waals surface area contributed by atoms with Gasteiger partial charge in [0, 0.05) is 45.1 Å². The molecular weight excluding hydrogens is 402 g/mol. The van der Waals surface area contributed by atoms with Crippen LogP contribution >= 0.6 is 0 Å². The van der Waals surface area contributed by atoms with E-state index in [4.69, 9.17) is 4.74 Å². The maximum Gasteiger partial charge on any atom is 0.226 e. The van der Waals surface area contributed by atoms with E-state index in [0.717, 1.165) is 49.9 Å². The van der Waals surface area contributed by atoms with Crippen LogP contribution in [0.3, 0.4) is 0 Å². The molecule has 2 fully saturated rings. The van der Waals surface area contributed by atoms with Crippen LogP contribution in [0.1, 0.15) is 48.8 Å². The number of amides is 2. The van der Waals surface area contributed by atoms with Crippen molar-refractivity contribution in [1.82, 2.24) is 15.2 Å². The molecule has 2 aliphatic rings. The summed E-state index contributed by atoms with van der Waals surface area (Å²) in [4.78, 5) is 31.2. The fraction of sp³-hybridized carbons (Fsp3) is 0.500. The third kappa shape index (κ3) is 5.94. The summed E-state index contributed by atoms with van der Waals surface area (Å²) in [6, 6.07) is 12.0. The molecule has 0 radical (unpaired) electrons. The van der Waals surface area contributed by atoms with Crippen molar-refractivity contribution in [2.75, 3.05) is 19.7 Å². The summed E-state index contributed by atoms with van der Waals surface area (Å²) in [5.41, 5.74) is 3.12. The lowest BCUT2D eigenvalue weighted by molar-refractivity contribution is -0.148. The highest BCUT2D eigenvalue weighted by Crippen LogP contribution is 2.38. The molecule has 1 aromatic carbocycles. The molecule has 2 aliphatic heterocycles. The summed E-state index contributed by atoms with van der Waals surface area (Å²) in [6.45, 7) is 4.74. The fourth-order valence-electron chi connectivity index (χ4n) is 4.96. The van der Waals surface area contributed by atoms with Gasteiger partial charge in [-0.15, -0.1) is 0 Å². The summed E-state index contributed by atoms with van der Waals surface area (Å²) in [6.07, 6.45) is 7.98. The summed E-state index contributed by atoms with van der Waals surface area (Å²) in [7, 11) is 0. The van der Waals surface area contributed by atoms with Gasteiger partial charge in [-0.2, -0.15) is 0 Å². The zero-order valence-electron chi connectivity index (χ0n) is 18.9. The standard InChI is InChI=1S/C26H33N3O3/c1-20-3-2-4-22(15-20)17-25(31)29-12-8-26(9-13-29)18-23(7-14-32-26)16-24(30)28-19-21-5-10-27-11-6-21/h2-6,10-11,15,23H,7-9,12-14,16-19H2,1H3,(H,28,30). The molecular formula is C26H33N3O3. The Hall–Kier alpha value is -2.73. The van der Waals surface area contributed by atoms with Crippen molar-refractivity contribution in [2.45, 2.75) is 57.6 Å². The van der Waals surface area contributed by atoms with Crippen molar-refractivity contribution < 1.29 is 14.3 Å². The first-order valence-corrected chi connectivity index (χ1v) is 11.6. The SMILES string of the molecule is Cc1cccc(CC(=O)N2CCC3(CC2)CC(CC(=O)NCc2ccncc2)CCO3)c1. The van der Waals surface area contributed by atoms with E-state index in [-0.39, 0.29) is 17.4 Å². The zero-order valence-corrected chi connectivity index (χ0v) is 18.9. The Morgan fingerprint density at radius 2 is 1.94 bits per heavy atom. The number of rotatable bonds is 6. The monoisotopic (exact) mass is 435 g/mol. The van der Waals surface area contributed by atoms with E-state index in [0.29, 0.717) is 31.9 Å². The maximum absolute atomic E-state index is 12.8. The molecule has 1 atom stereocenters. The second-order valence-electron chi connectivity index (χ2n) is 9.27. The number of piperidine rings is 1. The molecule has 2 saturated heterocycles. The first-order chi connectivity index (χ1) is 15.5. The normalized spacial score (nSPS) is 20.2. The average Bonchev–Trinajstić information content (AvgIpc) is 2.79. The molecule has 2 aromatic rings. The number of hydrogen-bond acceptors (Lipinski definition) is 4. The highest BCUT2D eigenvalue weighted by Gasteiger charge is 2.41. The van der Waals surface area contributed by atoms with Crippen LogP contribution in [0.25, 0.3) is 0 Å². The molecule has 3 heterocycles. The quantitative estimate of drug-likeness (QED) is 0.755. The Morgan fingerprint density at radius 1 is 1.16 bits per heavy atom. The van der Waals surface area contributed by atoms with Gasteiger partial charge in [0.1, 0.15) is 0 Å². The van der Waals surface area contributed by atoms with E-state index in [9.17, 15) is 9.59 Å². The molecule has 1 N–H and O–H groups in total. The van der Waals surface area contributed by atoms with Crippen LogP contribution in [0.15, 0.2) is 48.8 Å². The van der Waals surface area contributed by atoms with Crippen LogP contribution in [-0.4, -0.2) is 47.0 Å². The Kier molecular flexibility index (Phi) is 7.20. The lowest BCUT2D eigenvalue weighted by Gasteiger charge is -2.46. The van der Waals surface area contributed by atoms with E-state index >= 15 is 0 Å². The second-order valence-corrected chi connectivity index (χ2v) is 9.27. The number of carbonyl (C=O) groups excluding carboxylic acids is 2. The number of aromatic nitrogens is 1. The molecule has 6 heteroatoms. The third-order valence-electron chi connectivity index (χ3n) is 6.77. The van der Waals surface area contributed by atoms with Crippen LogP contribution in [-0.2, 0) is 27.3 Å². The maximum atomic E-state index is 12.8. The molecule has 1 spiro atoms. The first-order valence-electron chi connectivity index (χ1n) is 11.6. The largest absolute Gasteiger partial charge is 0.375 e. The zero-order chi connectivity index (χ0) is 22.4. The van der Waals surface area contributed by atoms with Crippen molar-refractivity contribution in [3.63, 3.8) is 0 Å². The minimum absolute atomic E-state index is 0.0923. The number of carbonyl (C=O) groups is 2. The molecule has 0 aliphatic carbocycles. The molecule has 1 aromatic heterocycles. The van der Waals surface area contributed by atoms with Gasteiger partial charge in [0.15, 0.2) is 0 Å². The smallest absolute Gasteiger partial charge is 0.226 e. The summed E-state index contributed by atoms with van der Waals surface area (Å²) in [5.74, 6) is 0.610. The highest BCUT2D eigenvalue weighted by atomic mass is 16.5. The first kappa shape index (κ1) is 22.5. The molecule has 4 rings (SSSR count). The van der Waals surface area contributed by atoms with Gasteiger partial charge in [0.05, 0.1) is 12.0 Å². The average molecular weight is 436 g/mol. The Balaban J connectivity index is 1.24. The highest BCUT2D eigenvalue weighted by molar-refractivity contribution is 5.79. The number of aryl methyl sites for hydroxylation is 1. The van der Waals surface area contributed by atoms with Gasteiger partial charge in [0.2, 0.25) is 11.8 Å². The molecule has 0 saturated carbocycles. The number of nitrogens with one attached hydrogen (secondary N) is 1. The van der Waals surface area contributed by atoms with Gasteiger partial charge < -0.3 is 15.0 Å². The molecule has 6 nitrogen and oxygen atoms in total. The van der Waals surface area contributed by atoms with E-state index in [1.54, 1.807) is 12.4 Å².